The van der Waals surface area contributed by atoms with Crippen LogP contribution in [0.25, 0.3) is 0 Å². The van der Waals surface area contributed by atoms with Crippen LogP contribution in [-0.4, -0.2) is 57.7 Å². The molecule has 1 aliphatic rings. The van der Waals surface area contributed by atoms with E-state index < -0.39 is 34.7 Å². The highest BCUT2D eigenvalue weighted by molar-refractivity contribution is 8.00. The second kappa shape index (κ2) is 10.6. The minimum Gasteiger partial charge on any atom is -0.497 e. The second-order valence-corrected chi connectivity index (χ2v) is 10.5. The molecule has 1 aliphatic heterocycles. The van der Waals surface area contributed by atoms with E-state index in [9.17, 15) is 14.7 Å². The Hall–Kier alpha value is -2.55. The number of benzene rings is 2. The monoisotopic (exact) mass is 471 g/mol. The fourth-order valence-corrected chi connectivity index (χ4v) is 5.34. The maximum Gasteiger partial charge on any atom is 0.254 e. The molecule has 4 N–H and O–H groups in total. The molecule has 1 heterocycles. The van der Waals surface area contributed by atoms with Gasteiger partial charge >= 0.3 is 0 Å². The molecule has 1 saturated heterocycles. The Balaban J connectivity index is 1.84. The van der Waals surface area contributed by atoms with Gasteiger partial charge in [-0.15, -0.1) is 11.8 Å². The van der Waals surface area contributed by atoms with Gasteiger partial charge in [-0.05, 0) is 56.0 Å². The van der Waals surface area contributed by atoms with Crippen molar-refractivity contribution < 1.29 is 19.4 Å². The SMILES string of the molecule is COc1cccc(C[C@H](NCc2ccccc2C)[C@H](O)C(=O)N2CSC(C)(C)[C@H]2C(N)=O)c1. The number of aliphatic hydroxyl groups is 1. The van der Waals surface area contributed by atoms with Crippen LogP contribution >= 0.6 is 11.8 Å². The number of aryl methyl sites for hydroxylation is 1. The lowest BCUT2D eigenvalue weighted by molar-refractivity contribution is -0.146. The third-order valence-corrected chi connectivity index (χ3v) is 7.51. The molecule has 0 bridgehead atoms. The maximum absolute atomic E-state index is 13.4. The molecular formula is C25H33N3O4S. The fraction of sp³-hybridized carbons (Fsp3) is 0.440. The van der Waals surface area contributed by atoms with Crippen molar-refractivity contribution in [3.8, 4) is 5.75 Å². The number of nitrogens with one attached hydrogen (secondary N) is 1. The topological polar surface area (TPSA) is 105 Å². The summed E-state index contributed by atoms with van der Waals surface area (Å²) in [5, 5.41) is 14.6. The van der Waals surface area contributed by atoms with E-state index in [-0.39, 0.29) is 0 Å². The summed E-state index contributed by atoms with van der Waals surface area (Å²) < 4.78 is 4.81. The van der Waals surface area contributed by atoms with Gasteiger partial charge in [0.1, 0.15) is 17.9 Å². The number of amides is 2. The van der Waals surface area contributed by atoms with Crippen molar-refractivity contribution in [3.63, 3.8) is 0 Å². The van der Waals surface area contributed by atoms with Gasteiger partial charge < -0.3 is 25.8 Å². The molecule has 0 saturated carbocycles. The Bertz CT molecular complexity index is 997. The molecule has 8 heteroatoms. The third kappa shape index (κ3) is 5.88. The van der Waals surface area contributed by atoms with Crippen molar-refractivity contribution in [3.05, 3.63) is 65.2 Å². The molecule has 178 valence electrons. The van der Waals surface area contributed by atoms with Crippen LogP contribution in [0.1, 0.15) is 30.5 Å². The molecular weight excluding hydrogens is 438 g/mol. The first-order valence-corrected chi connectivity index (χ1v) is 11.9. The first-order chi connectivity index (χ1) is 15.6. The fourth-order valence-electron chi connectivity index (χ4n) is 4.19. The molecule has 3 rings (SSSR count). The summed E-state index contributed by atoms with van der Waals surface area (Å²) in [4.78, 5) is 26.9. The van der Waals surface area contributed by atoms with E-state index >= 15 is 0 Å². The van der Waals surface area contributed by atoms with E-state index in [1.807, 2.05) is 69.3 Å². The Labute approximate surface area is 199 Å². The summed E-state index contributed by atoms with van der Waals surface area (Å²) in [5.74, 6) is -0.0533. The minimum atomic E-state index is -1.35. The molecule has 1 fully saturated rings. The van der Waals surface area contributed by atoms with E-state index in [0.29, 0.717) is 24.6 Å². The maximum atomic E-state index is 13.4. The van der Waals surface area contributed by atoms with Gasteiger partial charge in [0.15, 0.2) is 0 Å². The molecule has 0 aromatic heterocycles. The predicted octanol–water partition coefficient (Wildman–Crippen LogP) is 2.23. The molecule has 7 nitrogen and oxygen atoms in total. The summed E-state index contributed by atoms with van der Waals surface area (Å²) in [7, 11) is 1.60. The standard InChI is InChI=1S/C25H33N3O4S/c1-16-8-5-6-10-18(16)14-27-20(13-17-9-7-11-19(12-17)32-4)21(29)24(31)28-15-33-25(2,3)22(28)23(26)30/h5-12,20-22,27,29H,13-15H2,1-4H3,(H2,26,30)/t20-,21-,22+/m0/s1. The molecule has 0 aliphatic carbocycles. The molecule has 2 amide bonds. The van der Waals surface area contributed by atoms with Gasteiger partial charge in [0.25, 0.3) is 5.91 Å². The number of nitrogens with two attached hydrogens (primary N) is 1. The van der Waals surface area contributed by atoms with E-state index in [0.717, 1.165) is 16.7 Å². The molecule has 0 spiro atoms. The lowest BCUT2D eigenvalue weighted by Gasteiger charge is -2.32. The smallest absolute Gasteiger partial charge is 0.254 e. The van der Waals surface area contributed by atoms with Crippen LogP contribution in [0, 0.1) is 6.92 Å². The van der Waals surface area contributed by atoms with Crippen LogP contribution in [0.5, 0.6) is 5.75 Å². The molecule has 0 unspecified atom stereocenters. The van der Waals surface area contributed by atoms with Crippen molar-refractivity contribution in [2.24, 2.45) is 5.73 Å². The number of carbonyl (C=O) groups is 2. The highest BCUT2D eigenvalue weighted by Gasteiger charge is 2.48. The second-order valence-electron chi connectivity index (χ2n) is 8.90. The van der Waals surface area contributed by atoms with E-state index in [1.165, 1.54) is 16.7 Å². The summed E-state index contributed by atoms with van der Waals surface area (Å²) in [6, 6.07) is 14.2. The molecule has 0 radical (unpaired) electrons. The first-order valence-electron chi connectivity index (χ1n) is 11.0. The Kier molecular flexibility index (Phi) is 8.05. The van der Waals surface area contributed by atoms with Crippen molar-refractivity contribution in [2.75, 3.05) is 13.0 Å². The molecule has 2 aromatic carbocycles. The molecule has 2 aromatic rings. The molecule has 3 atom stereocenters. The highest BCUT2D eigenvalue weighted by Crippen LogP contribution is 2.39. The van der Waals surface area contributed by atoms with Crippen LogP contribution in [0.2, 0.25) is 0 Å². The number of ether oxygens (including phenoxy) is 1. The van der Waals surface area contributed by atoms with Gasteiger partial charge in [-0.25, -0.2) is 0 Å². The van der Waals surface area contributed by atoms with Crippen molar-refractivity contribution >= 4 is 23.6 Å². The number of hydrogen-bond acceptors (Lipinski definition) is 6. The van der Waals surface area contributed by atoms with Crippen LogP contribution in [0.15, 0.2) is 48.5 Å². The van der Waals surface area contributed by atoms with Crippen LogP contribution in [-0.2, 0) is 22.6 Å². The van der Waals surface area contributed by atoms with Crippen molar-refractivity contribution in [1.82, 2.24) is 10.2 Å². The number of methoxy groups -OCH3 is 1. The van der Waals surface area contributed by atoms with E-state index in [1.54, 1.807) is 7.11 Å². The third-order valence-electron chi connectivity index (χ3n) is 6.14. The number of carbonyl (C=O) groups excluding carboxylic acids is 2. The average molecular weight is 472 g/mol. The Morgan fingerprint density at radius 1 is 1.27 bits per heavy atom. The van der Waals surface area contributed by atoms with E-state index in [4.69, 9.17) is 10.5 Å². The number of rotatable bonds is 9. The van der Waals surface area contributed by atoms with Gasteiger partial charge in [0.2, 0.25) is 5.91 Å². The average Bonchev–Trinajstić information content (AvgIpc) is 3.11. The zero-order valence-corrected chi connectivity index (χ0v) is 20.4. The van der Waals surface area contributed by atoms with Crippen LogP contribution in [0.3, 0.4) is 0 Å². The minimum absolute atomic E-state index is 0.306. The lowest BCUT2D eigenvalue weighted by Crippen LogP contribution is -2.57. The van der Waals surface area contributed by atoms with Gasteiger partial charge in [0.05, 0.1) is 13.0 Å². The summed E-state index contributed by atoms with van der Waals surface area (Å²) in [5.41, 5.74) is 8.76. The number of aliphatic hydroxyl groups excluding tert-OH is 1. The summed E-state index contributed by atoms with van der Waals surface area (Å²) in [6.07, 6.45) is -0.946. The van der Waals surface area contributed by atoms with Gasteiger partial charge in [-0.3, -0.25) is 9.59 Å². The number of primary amides is 1. The van der Waals surface area contributed by atoms with Gasteiger partial charge in [0, 0.05) is 17.3 Å². The number of hydrogen-bond donors (Lipinski definition) is 3. The normalized spacial score (nSPS) is 19.2. The Morgan fingerprint density at radius 3 is 2.67 bits per heavy atom. The molecule has 33 heavy (non-hydrogen) atoms. The number of nitrogens with zero attached hydrogens (tertiary/aromatic N) is 1. The lowest BCUT2D eigenvalue weighted by atomic mass is 9.97. The summed E-state index contributed by atoms with van der Waals surface area (Å²) in [6.45, 7) is 6.29. The zero-order chi connectivity index (χ0) is 24.2. The quantitative estimate of drug-likeness (QED) is 0.518. The van der Waals surface area contributed by atoms with Gasteiger partial charge in [-0.2, -0.15) is 0 Å². The van der Waals surface area contributed by atoms with Crippen LogP contribution < -0.4 is 15.8 Å². The van der Waals surface area contributed by atoms with Crippen molar-refractivity contribution in [2.45, 2.75) is 56.7 Å². The van der Waals surface area contributed by atoms with E-state index in [2.05, 4.69) is 5.32 Å². The predicted molar refractivity (Wildman–Crippen MR) is 131 cm³/mol. The zero-order valence-electron chi connectivity index (χ0n) is 19.6. The van der Waals surface area contributed by atoms with Crippen molar-refractivity contribution in [1.29, 1.82) is 0 Å². The largest absolute Gasteiger partial charge is 0.497 e. The van der Waals surface area contributed by atoms with Crippen LogP contribution in [0.4, 0.5) is 0 Å². The summed E-state index contributed by atoms with van der Waals surface area (Å²) >= 11 is 1.48. The first kappa shape index (κ1) is 25.1. The highest BCUT2D eigenvalue weighted by atomic mass is 32.2. The van der Waals surface area contributed by atoms with Gasteiger partial charge in [-0.1, -0.05) is 36.4 Å². The number of thioether (sulfide) groups is 1. The Morgan fingerprint density at radius 2 is 2.00 bits per heavy atom.